The quantitative estimate of drug-likeness (QED) is 0.917. The predicted octanol–water partition coefficient (Wildman–Crippen LogP) is 2.35. The monoisotopic (exact) mass is 335 g/mol. The Bertz CT molecular complexity index is 595. The first kappa shape index (κ1) is 18.2. The molecule has 1 N–H and O–H groups in total. The Hall–Kier alpha value is -2.15. The van der Waals surface area contributed by atoms with Crippen LogP contribution < -0.4 is 5.32 Å². The van der Waals surface area contributed by atoms with Gasteiger partial charge in [0.15, 0.2) is 0 Å². The summed E-state index contributed by atoms with van der Waals surface area (Å²) in [6, 6.07) is 2.95. The van der Waals surface area contributed by atoms with Crippen molar-refractivity contribution in [2.75, 3.05) is 19.0 Å². The number of methoxy groups -OCH3 is 1. The van der Waals surface area contributed by atoms with Gasteiger partial charge in [-0.25, -0.2) is 9.78 Å². The van der Waals surface area contributed by atoms with Gasteiger partial charge in [0.25, 0.3) is 0 Å². The van der Waals surface area contributed by atoms with E-state index in [1.807, 2.05) is 13.0 Å². The molecule has 2 amide bonds. The average molecular weight is 335 g/mol. The lowest BCUT2D eigenvalue weighted by Crippen LogP contribution is -2.45. The third-order valence-corrected chi connectivity index (χ3v) is 3.69. The van der Waals surface area contributed by atoms with Crippen LogP contribution in [-0.4, -0.2) is 53.3 Å². The highest BCUT2D eigenvalue weighted by molar-refractivity contribution is 5.96. The van der Waals surface area contributed by atoms with Crippen molar-refractivity contribution in [2.45, 2.75) is 51.9 Å². The van der Waals surface area contributed by atoms with Crippen molar-refractivity contribution in [3.8, 4) is 0 Å². The number of anilines is 1. The number of aromatic nitrogens is 1. The van der Waals surface area contributed by atoms with Gasteiger partial charge < -0.3 is 14.8 Å². The van der Waals surface area contributed by atoms with Gasteiger partial charge in [0, 0.05) is 19.7 Å². The highest BCUT2D eigenvalue weighted by Gasteiger charge is 2.41. The lowest BCUT2D eigenvalue weighted by atomic mass is 10.2. The summed E-state index contributed by atoms with van der Waals surface area (Å²) in [5.74, 6) is 0.160. The standard InChI is InChI=1S/C17H25N3O4/c1-11-6-7-14(18-9-11)19-15(21)13-8-12(23-5)10-20(13)16(22)24-17(2,3)4/h6-7,9,12-13H,8,10H2,1-5H3,(H,18,19,21). The number of aryl methyl sites for hydroxylation is 1. The topological polar surface area (TPSA) is 80.8 Å². The van der Waals surface area contributed by atoms with Gasteiger partial charge in [-0.15, -0.1) is 0 Å². The summed E-state index contributed by atoms with van der Waals surface area (Å²) in [6.45, 7) is 7.62. The van der Waals surface area contributed by atoms with Gasteiger partial charge in [-0.1, -0.05) is 6.07 Å². The van der Waals surface area contributed by atoms with Gasteiger partial charge in [0.2, 0.25) is 5.91 Å². The molecule has 7 heteroatoms. The lowest BCUT2D eigenvalue weighted by molar-refractivity contribution is -0.120. The Kier molecular flexibility index (Phi) is 5.43. The molecular weight excluding hydrogens is 310 g/mol. The summed E-state index contributed by atoms with van der Waals surface area (Å²) in [5, 5.41) is 2.75. The smallest absolute Gasteiger partial charge is 0.411 e. The van der Waals surface area contributed by atoms with Crippen LogP contribution in [0.15, 0.2) is 18.3 Å². The van der Waals surface area contributed by atoms with E-state index in [-0.39, 0.29) is 12.0 Å². The fraction of sp³-hybridized carbons (Fsp3) is 0.588. The summed E-state index contributed by atoms with van der Waals surface area (Å²) in [4.78, 5) is 30.6. The fourth-order valence-corrected chi connectivity index (χ4v) is 2.49. The van der Waals surface area contributed by atoms with Crippen molar-refractivity contribution < 1.29 is 19.1 Å². The first-order chi connectivity index (χ1) is 11.2. The average Bonchev–Trinajstić information content (AvgIpc) is 2.92. The van der Waals surface area contributed by atoms with Crippen molar-refractivity contribution in [1.29, 1.82) is 0 Å². The van der Waals surface area contributed by atoms with Gasteiger partial charge in [0.1, 0.15) is 17.5 Å². The van der Waals surface area contributed by atoms with Crippen LogP contribution in [-0.2, 0) is 14.3 Å². The fourth-order valence-electron chi connectivity index (χ4n) is 2.49. The lowest BCUT2D eigenvalue weighted by Gasteiger charge is -2.27. The second-order valence-corrected chi connectivity index (χ2v) is 6.95. The highest BCUT2D eigenvalue weighted by atomic mass is 16.6. The highest BCUT2D eigenvalue weighted by Crippen LogP contribution is 2.24. The van der Waals surface area contributed by atoms with E-state index < -0.39 is 17.7 Å². The summed E-state index contributed by atoms with van der Waals surface area (Å²) < 4.78 is 10.7. The minimum Gasteiger partial charge on any atom is -0.444 e. The third-order valence-electron chi connectivity index (χ3n) is 3.69. The van der Waals surface area contributed by atoms with E-state index in [9.17, 15) is 9.59 Å². The first-order valence-electron chi connectivity index (χ1n) is 7.95. The second kappa shape index (κ2) is 7.17. The minimum absolute atomic E-state index is 0.195. The molecule has 7 nitrogen and oxygen atoms in total. The predicted molar refractivity (Wildman–Crippen MR) is 89.7 cm³/mol. The number of pyridine rings is 1. The summed E-state index contributed by atoms with van der Waals surface area (Å²) in [7, 11) is 1.57. The zero-order chi connectivity index (χ0) is 17.9. The molecule has 2 rings (SSSR count). The normalized spacial score (nSPS) is 20.8. The van der Waals surface area contributed by atoms with Crippen molar-refractivity contribution in [1.82, 2.24) is 9.88 Å². The zero-order valence-corrected chi connectivity index (χ0v) is 14.8. The Morgan fingerprint density at radius 3 is 2.58 bits per heavy atom. The number of carbonyl (C=O) groups is 2. The molecule has 1 aliphatic rings. The molecule has 2 unspecified atom stereocenters. The number of amides is 2. The minimum atomic E-state index is -0.645. The number of likely N-dealkylation sites (tertiary alicyclic amines) is 1. The number of carbonyl (C=O) groups excluding carboxylic acids is 2. The van der Waals surface area contributed by atoms with Gasteiger partial charge >= 0.3 is 6.09 Å². The molecule has 1 fully saturated rings. The van der Waals surface area contributed by atoms with Crippen LogP contribution >= 0.6 is 0 Å². The molecular formula is C17H25N3O4. The van der Waals surface area contributed by atoms with E-state index in [2.05, 4.69) is 10.3 Å². The molecule has 1 aromatic rings. The Balaban J connectivity index is 2.10. The number of hydrogen-bond acceptors (Lipinski definition) is 5. The summed E-state index contributed by atoms with van der Waals surface area (Å²) >= 11 is 0. The van der Waals surface area contributed by atoms with Crippen molar-refractivity contribution in [3.05, 3.63) is 23.9 Å². The van der Waals surface area contributed by atoms with Crippen LogP contribution in [0.2, 0.25) is 0 Å². The van der Waals surface area contributed by atoms with Crippen LogP contribution in [0.5, 0.6) is 0 Å². The number of ether oxygens (including phenoxy) is 2. The van der Waals surface area contributed by atoms with E-state index in [0.717, 1.165) is 5.56 Å². The van der Waals surface area contributed by atoms with E-state index in [0.29, 0.717) is 18.8 Å². The maximum absolute atomic E-state index is 12.6. The van der Waals surface area contributed by atoms with E-state index in [4.69, 9.17) is 9.47 Å². The Morgan fingerprint density at radius 2 is 2.04 bits per heavy atom. The van der Waals surface area contributed by atoms with Gasteiger partial charge in [0.05, 0.1) is 12.6 Å². The molecule has 1 aliphatic heterocycles. The van der Waals surface area contributed by atoms with E-state index in [1.165, 1.54) is 4.90 Å². The van der Waals surface area contributed by atoms with Gasteiger partial charge in [-0.3, -0.25) is 9.69 Å². The number of nitrogens with one attached hydrogen (secondary N) is 1. The van der Waals surface area contributed by atoms with Crippen LogP contribution in [0, 0.1) is 6.92 Å². The van der Waals surface area contributed by atoms with Crippen molar-refractivity contribution in [3.63, 3.8) is 0 Å². The molecule has 0 spiro atoms. The largest absolute Gasteiger partial charge is 0.444 e. The molecule has 2 heterocycles. The molecule has 2 atom stereocenters. The van der Waals surface area contributed by atoms with Crippen molar-refractivity contribution in [2.24, 2.45) is 0 Å². The Labute approximate surface area is 142 Å². The maximum atomic E-state index is 12.6. The van der Waals surface area contributed by atoms with Gasteiger partial charge in [-0.05, 0) is 39.3 Å². The van der Waals surface area contributed by atoms with E-state index >= 15 is 0 Å². The third kappa shape index (κ3) is 4.67. The molecule has 0 aliphatic carbocycles. The molecule has 0 radical (unpaired) electrons. The number of nitrogens with zero attached hydrogens (tertiary/aromatic N) is 2. The molecule has 0 bridgehead atoms. The molecule has 0 saturated carbocycles. The van der Waals surface area contributed by atoms with Crippen molar-refractivity contribution >= 4 is 17.8 Å². The molecule has 1 saturated heterocycles. The van der Waals surface area contributed by atoms with Crippen LogP contribution in [0.4, 0.5) is 10.6 Å². The number of hydrogen-bond donors (Lipinski definition) is 1. The van der Waals surface area contributed by atoms with Crippen LogP contribution in [0.25, 0.3) is 0 Å². The number of rotatable bonds is 3. The first-order valence-corrected chi connectivity index (χ1v) is 7.95. The van der Waals surface area contributed by atoms with Crippen LogP contribution in [0.1, 0.15) is 32.8 Å². The summed E-state index contributed by atoms with van der Waals surface area (Å²) in [5.41, 5.74) is 0.380. The second-order valence-electron chi connectivity index (χ2n) is 6.95. The molecule has 132 valence electrons. The van der Waals surface area contributed by atoms with E-state index in [1.54, 1.807) is 40.1 Å². The van der Waals surface area contributed by atoms with Crippen LogP contribution in [0.3, 0.4) is 0 Å². The molecule has 1 aromatic heterocycles. The molecule has 0 aromatic carbocycles. The molecule has 24 heavy (non-hydrogen) atoms. The Morgan fingerprint density at radius 1 is 1.33 bits per heavy atom. The summed E-state index contributed by atoms with van der Waals surface area (Å²) in [6.07, 6.45) is 1.39. The zero-order valence-electron chi connectivity index (χ0n) is 14.8. The maximum Gasteiger partial charge on any atom is 0.411 e. The van der Waals surface area contributed by atoms with Gasteiger partial charge in [-0.2, -0.15) is 0 Å². The SMILES string of the molecule is COC1CC(C(=O)Nc2ccc(C)cn2)N(C(=O)OC(C)(C)C)C1.